The van der Waals surface area contributed by atoms with Crippen LogP contribution in [0, 0.1) is 11.3 Å². The van der Waals surface area contributed by atoms with Crippen molar-refractivity contribution in [1.29, 1.82) is 0 Å². The van der Waals surface area contributed by atoms with Crippen LogP contribution in [0.1, 0.15) is 0 Å². The summed E-state index contributed by atoms with van der Waals surface area (Å²) in [5.74, 6) is -0.654. The van der Waals surface area contributed by atoms with Crippen molar-refractivity contribution in [3.63, 3.8) is 0 Å². The summed E-state index contributed by atoms with van der Waals surface area (Å²) >= 11 is 0. The van der Waals surface area contributed by atoms with Gasteiger partial charge in [-0.15, -0.1) is 0 Å². The van der Waals surface area contributed by atoms with Crippen LogP contribution in [0.3, 0.4) is 0 Å². The van der Waals surface area contributed by atoms with E-state index in [0.717, 1.165) is 0 Å². The molecule has 1 N–H and O–H groups in total. The minimum atomic E-state index is -3.73. The monoisotopic (exact) mass is 340 g/mol. The molecule has 2 heterocycles. The summed E-state index contributed by atoms with van der Waals surface area (Å²) in [6.07, 6.45) is 0. The van der Waals surface area contributed by atoms with E-state index in [1.165, 1.54) is 23.5 Å². The maximum atomic E-state index is 12.8. The largest absolute Gasteiger partial charge is 0.497 e. The molecular weight excluding hydrogens is 320 g/mol. The van der Waals surface area contributed by atoms with Gasteiger partial charge in [0.1, 0.15) is 5.75 Å². The molecule has 8 heteroatoms. The van der Waals surface area contributed by atoms with Gasteiger partial charge in [-0.05, 0) is 19.2 Å². The quantitative estimate of drug-likeness (QED) is 0.850. The molecule has 1 aromatic rings. The van der Waals surface area contributed by atoms with Gasteiger partial charge in [-0.2, -0.15) is 4.31 Å². The van der Waals surface area contributed by atoms with Gasteiger partial charge < -0.3 is 14.7 Å². The van der Waals surface area contributed by atoms with E-state index in [1.54, 1.807) is 12.1 Å². The van der Waals surface area contributed by atoms with Gasteiger partial charge in [0.2, 0.25) is 10.0 Å². The Morgan fingerprint density at radius 2 is 2.09 bits per heavy atom. The SMILES string of the molecule is COc1cccc(S(=O)(=O)N2C[C@@H]3CN(C)C[C@]3(C(=O)O)C2)c1. The molecule has 0 saturated carbocycles. The van der Waals surface area contributed by atoms with Crippen LogP contribution in [0.25, 0.3) is 0 Å². The Labute approximate surface area is 135 Å². The Kier molecular flexibility index (Phi) is 3.86. The lowest BCUT2D eigenvalue weighted by Gasteiger charge is -2.24. The van der Waals surface area contributed by atoms with Crippen LogP contribution in [0.15, 0.2) is 29.2 Å². The molecule has 0 aromatic heterocycles. The van der Waals surface area contributed by atoms with Gasteiger partial charge in [0, 0.05) is 38.2 Å². The van der Waals surface area contributed by atoms with Crippen molar-refractivity contribution in [3.8, 4) is 5.75 Å². The van der Waals surface area contributed by atoms with Crippen molar-refractivity contribution in [2.24, 2.45) is 11.3 Å². The molecule has 2 aliphatic rings. The van der Waals surface area contributed by atoms with Gasteiger partial charge in [-0.3, -0.25) is 4.79 Å². The first-order valence-electron chi connectivity index (χ1n) is 7.36. The molecule has 2 saturated heterocycles. The van der Waals surface area contributed by atoms with Crippen LogP contribution in [-0.4, -0.2) is 69.0 Å². The second kappa shape index (κ2) is 5.47. The summed E-state index contributed by atoms with van der Waals surface area (Å²) in [7, 11) is -0.393. The third kappa shape index (κ3) is 2.50. The van der Waals surface area contributed by atoms with E-state index >= 15 is 0 Å². The lowest BCUT2D eigenvalue weighted by Crippen LogP contribution is -2.41. The summed E-state index contributed by atoms with van der Waals surface area (Å²) in [6.45, 7) is 1.21. The van der Waals surface area contributed by atoms with Crippen molar-refractivity contribution in [2.75, 3.05) is 40.3 Å². The van der Waals surface area contributed by atoms with E-state index in [1.807, 2.05) is 11.9 Å². The molecule has 2 atom stereocenters. The molecule has 23 heavy (non-hydrogen) atoms. The molecule has 0 unspecified atom stereocenters. The van der Waals surface area contributed by atoms with Crippen molar-refractivity contribution in [2.45, 2.75) is 4.90 Å². The second-order valence-corrected chi connectivity index (χ2v) is 8.27. The zero-order chi connectivity index (χ0) is 16.8. The lowest BCUT2D eigenvalue weighted by atomic mass is 9.81. The fourth-order valence-electron chi connectivity index (χ4n) is 3.67. The summed E-state index contributed by atoms with van der Waals surface area (Å²) in [5, 5.41) is 9.66. The number of hydrogen-bond donors (Lipinski definition) is 1. The number of likely N-dealkylation sites (tertiary alicyclic amines) is 1. The van der Waals surface area contributed by atoms with Gasteiger partial charge in [0.05, 0.1) is 17.4 Å². The molecule has 0 aliphatic carbocycles. The van der Waals surface area contributed by atoms with Crippen LogP contribution in [0.5, 0.6) is 5.75 Å². The van der Waals surface area contributed by atoms with Crippen molar-refractivity contribution >= 4 is 16.0 Å². The zero-order valence-corrected chi connectivity index (χ0v) is 13.9. The number of carbonyl (C=O) groups is 1. The predicted octanol–water partition coefficient (Wildman–Crippen LogP) is 0.332. The molecular formula is C15H20N2O5S. The molecule has 126 valence electrons. The molecule has 0 radical (unpaired) electrons. The summed E-state index contributed by atoms with van der Waals surface area (Å²) < 4.78 is 32.1. The number of fused-ring (bicyclic) bond motifs is 1. The maximum absolute atomic E-state index is 12.8. The predicted molar refractivity (Wildman–Crippen MR) is 82.8 cm³/mol. The van der Waals surface area contributed by atoms with Crippen LogP contribution in [-0.2, 0) is 14.8 Å². The molecule has 0 spiro atoms. The molecule has 2 fully saturated rings. The van der Waals surface area contributed by atoms with Gasteiger partial charge >= 0.3 is 5.97 Å². The van der Waals surface area contributed by atoms with Crippen molar-refractivity contribution in [1.82, 2.24) is 9.21 Å². The normalized spacial score (nSPS) is 28.7. The first-order chi connectivity index (χ1) is 10.8. The summed E-state index contributed by atoms with van der Waals surface area (Å²) in [5.41, 5.74) is -1.01. The van der Waals surface area contributed by atoms with E-state index in [-0.39, 0.29) is 23.9 Å². The Bertz CT molecular complexity index is 735. The number of ether oxygens (including phenoxy) is 1. The third-order valence-electron chi connectivity index (χ3n) is 4.85. The number of rotatable bonds is 4. The highest BCUT2D eigenvalue weighted by atomic mass is 32.2. The van der Waals surface area contributed by atoms with Crippen LogP contribution < -0.4 is 4.74 Å². The molecule has 0 bridgehead atoms. The number of hydrogen-bond acceptors (Lipinski definition) is 5. The standard InChI is InChI=1S/C15H20N2O5S/c1-16-7-11-8-17(10-15(11,9-16)14(18)19)23(20,21)13-5-3-4-12(6-13)22-2/h3-6,11H,7-10H2,1-2H3,(H,18,19)/t11-,15-/m0/s1. The Morgan fingerprint density at radius 3 is 2.70 bits per heavy atom. The van der Waals surface area contributed by atoms with Crippen LogP contribution >= 0.6 is 0 Å². The number of carboxylic acid groups (broad SMARTS) is 1. The van der Waals surface area contributed by atoms with Gasteiger partial charge in [0.25, 0.3) is 0 Å². The van der Waals surface area contributed by atoms with E-state index < -0.39 is 21.4 Å². The van der Waals surface area contributed by atoms with Crippen LogP contribution in [0.2, 0.25) is 0 Å². The number of nitrogens with zero attached hydrogens (tertiary/aromatic N) is 2. The fourth-order valence-corrected chi connectivity index (χ4v) is 5.26. The van der Waals surface area contributed by atoms with Gasteiger partial charge in [-0.25, -0.2) is 8.42 Å². The molecule has 3 rings (SSSR count). The van der Waals surface area contributed by atoms with Gasteiger partial charge in [0.15, 0.2) is 0 Å². The Hall–Kier alpha value is -1.64. The van der Waals surface area contributed by atoms with E-state index in [4.69, 9.17) is 4.74 Å². The Morgan fingerprint density at radius 1 is 1.35 bits per heavy atom. The maximum Gasteiger partial charge on any atom is 0.312 e. The molecule has 7 nitrogen and oxygen atoms in total. The topological polar surface area (TPSA) is 87.2 Å². The minimum Gasteiger partial charge on any atom is -0.497 e. The number of benzene rings is 1. The number of carboxylic acids is 1. The minimum absolute atomic E-state index is 0.0108. The fraction of sp³-hybridized carbons (Fsp3) is 0.533. The average molecular weight is 340 g/mol. The Balaban J connectivity index is 1.93. The summed E-state index contributed by atoms with van der Waals surface area (Å²) in [4.78, 5) is 13.9. The van der Waals surface area contributed by atoms with E-state index in [2.05, 4.69) is 0 Å². The smallest absolute Gasteiger partial charge is 0.312 e. The highest BCUT2D eigenvalue weighted by Crippen LogP contribution is 2.44. The van der Waals surface area contributed by atoms with Crippen molar-refractivity contribution in [3.05, 3.63) is 24.3 Å². The third-order valence-corrected chi connectivity index (χ3v) is 6.66. The highest BCUT2D eigenvalue weighted by Gasteiger charge is 2.59. The number of aliphatic carboxylic acids is 1. The highest BCUT2D eigenvalue weighted by molar-refractivity contribution is 7.89. The van der Waals surface area contributed by atoms with Crippen molar-refractivity contribution < 1.29 is 23.1 Å². The average Bonchev–Trinajstić information content (AvgIpc) is 3.01. The number of sulfonamides is 1. The number of methoxy groups -OCH3 is 1. The van der Waals surface area contributed by atoms with E-state index in [9.17, 15) is 18.3 Å². The van der Waals surface area contributed by atoms with Gasteiger partial charge in [-0.1, -0.05) is 6.07 Å². The van der Waals surface area contributed by atoms with Crippen LogP contribution in [0.4, 0.5) is 0 Å². The zero-order valence-electron chi connectivity index (χ0n) is 13.1. The summed E-state index contributed by atoms with van der Waals surface area (Å²) in [6, 6.07) is 6.25. The van der Waals surface area contributed by atoms with E-state index in [0.29, 0.717) is 18.8 Å². The molecule has 1 aromatic carbocycles. The molecule has 0 amide bonds. The first-order valence-corrected chi connectivity index (χ1v) is 8.80. The first kappa shape index (κ1) is 16.2. The lowest BCUT2D eigenvalue weighted by molar-refractivity contribution is -0.148. The second-order valence-electron chi connectivity index (χ2n) is 6.33. The molecule has 2 aliphatic heterocycles.